The van der Waals surface area contributed by atoms with Crippen LogP contribution in [0.3, 0.4) is 0 Å². The Balaban J connectivity index is 1.86. The second-order valence-corrected chi connectivity index (χ2v) is 8.15. The largest absolute Gasteiger partial charge is 0.504 e. The molecule has 0 spiro atoms. The van der Waals surface area contributed by atoms with Crippen molar-refractivity contribution in [2.24, 2.45) is 0 Å². The predicted octanol–water partition coefficient (Wildman–Crippen LogP) is 4.74. The minimum Gasteiger partial charge on any atom is -0.504 e. The van der Waals surface area contributed by atoms with Crippen LogP contribution in [0.25, 0.3) is 0 Å². The molecule has 0 saturated carbocycles. The monoisotopic (exact) mass is 355 g/mol. The van der Waals surface area contributed by atoms with Crippen molar-refractivity contribution in [2.45, 2.75) is 51.6 Å². The lowest BCUT2D eigenvalue weighted by Gasteiger charge is -2.27. The van der Waals surface area contributed by atoms with Crippen LogP contribution in [-0.4, -0.2) is 28.8 Å². The molecule has 0 radical (unpaired) electrons. The summed E-state index contributed by atoms with van der Waals surface area (Å²) in [7, 11) is 1.67. The molecule has 2 N–H and O–H groups in total. The molecule has 3 rings (SSSR count). The second-order valence-electron chi connectivity index (χ2n) is 8.15. The lowest BCUT2D eigenvalue weighted by atomic mass is 9.85. The van der Waals surface area contributed by atoms with E-state index in [1.165, 1.54) is 5.56 Å². The number of likely N-dealkylation sites (tertiary alicyclic amines) is 1. The zero-order valence-electron chi connectivity index (χ0n) is 16.1. The Bertz CT molecular complexity index is 762. The molecular weight excluding hydrogens is 326 g/mol. The van der Waals surface area contributed by atoms with Crippen LogP contribution in [0.1, 0.15) is 56.3 Å². The number of hydrogen-bond acceptors (Lipinski definition) is 4. The number of rotatable bonds is 4. The van der Waals surface area contributed by atoms with Crippen molar-refractivity contribution in [3.8, 4) is 17.2 Å². The minimum atomic E-state index is -0.0830. The quantitative estimate of drug-likeness (QED) is 0.778. The molecule has 0 aromatic heterocycles. The van der Waals surface area contributed by atoms with Gasteiger partial charge in [0.25, 0.3) is 0 Å². The van der Waals surface area contributed by atoms with E-state index in [0.29, 0.717) is 12.6 Å². The van der Waals surface area contributed by atoms with Gasteiger partial charge in [-0.05, 0) is 54.1 Å². The van der Waals surface area contributed by atoms with Gasteiger partial charge in [-0.15, -0.1) is 0 Å². The standard InChI is InChI=1S/C22H29NO3/c1-22(2,3)17-12-16(21(25)20(24)13-17)14-23-11-5-6-19(23)15-7-9-18(26-4)10-8-15/h7-10,12-13,19,24-25H,5-6,11,14H2,1-4H3/t19-/m0/s1. The topological polar surface area (TPSA) is 52.9 Å². The van der Waals surface area contributed by atoms with Gasteiger partial charge in [0, 0.05) is 18.2 Å². The highest BCUT2D eigenvalue weighted by molar-refractivity contribution is 5.49. The van der Waals surface area contributed by atoms with Gasteiger partial charge in [0.15, 0.2) is 11.5 Å². The first kappa shape index (κ1) is 18.6. The fourth-order valence-corrected chi connectivity index (χ4v) is 3.67. The lowest BCUT2D eigenvalue weighted by Crippen LogP contribution is -2.23. The highest BCUT2D eigenvalue weighted by Gasteiger charge is 2.28. The third kappa shape index (κ3) is 3.80. The van der Waals surface area contributed by atoms with E-state index in [1.54, 1.807) is 13.2 Å². The van der Waals surface area contributed by atoms with Crippen molar-refractivity contribution in [2.75, 3.05) is 13.7 Å². The Morgan fingerprint density at radius 1 is 1.12 bits per heavy atom. The average molecular weight is 355 g/mol. The van der Waals surface area contributed by atoms with E-state index in [1.807, 2.05) is 18.2 Å². The third-order valence-electron chi connectivity index (χ3n) is 5.27. The van der Waals surface area contributed by atoms with Crippen LogP contribution in [0.15, 0.2) is 36.4 Å². The molecule has 140 valence electrons. The maximum Gasteiger partial charge on any atom is 0.162 e. The van der Waals surface area contributed by atoms with E-state index in [9.17, 15) is 10.2 Å². The first-order valence-electron chi connectivity index (χ1n) is 9.23. The van der Waals surface area contributed by atoms with E-state index in [0.717, 1.165) is 36.3 Å². The summed E-state index contributed by atoms with van der Waals surface area (Å²) >= 11 is 0. The fraction of sp³-hybridized carbons (Fsp3) is 0.455. The fourth-order valence-electron chi connectivity index (χ4n) is 3.67. The number of aromatic hydroxyl groups is 2. The first-order chi connectivity index (χ1) is 12.3. The number of phenolic OH excluding ortho intramolecular Hbond substituents is 2. The maximum atomic E-state index is 10.4. The van der Waals surface area contributed by atoms with Crippen molar-refractivity contribution in [1.82, 2.24) is 4.90 Å². The van der Waals surface area contributed by atoms with Gasteiger partial charge in [-0.3, -0.25) is 4.90 Å². The SMILES string of the molecule is COc1ccc([C@@H]2CCCN2Cc2cc(C(C)(C)C)cc(O)c2O)cc1. The van der Waals surface area contributed by atoms with Crippen LogP contribution in [0, 0.1) is 0 Å². The summed E-state index contributed by atoms with van der Waals surface area (Å²) in [5, 5.41) is 20.6. The summed E-state index contributed by atoms with van der Waals surface area (Å²) < 4.78 is 5.25. The van der Waals surface area contributed by atoms with Crippen LogP contribution in [-0.2, 0) is 12.0 Å². The Morgan fingerprint density at radius 2 is 1.81 bits per heavy atom. The molecule has 2 aromatic rings. The van der Waals surface area contributed by atoms with Crippen LogP contribution < -0.4 is 4.74 Å². The number of hydrogen-bond donors (Lipinski definition) is 2. The predicted molar refractivity (Wildman–Crippen MR) is 104 cm³/mol. The molecule has 2 aromatic carbocycles. The maximum absolute atomic E-state index is 10.4. The van der Waals surface area contributed by atoms with Gasteiger partial charge in [-0.2, -0.15) is 0 Å². The first-order valence-corrected chi connectivity index (χ1v) is 9.23. The summed E-state index contributed by atoms with van der Waals surface area (Å²) in [6, 6.07) is 12.2. The summed E-state index contributed by atoms with van der Waals surface area (Å²) in [6.45, 7) is 7.94. The molecule has 4 nitrogen and oxygen atoms in total. The van der Waals surface area contributed by atoms with Crippen LogP contribution in [0.4, 0.5) is 0 Å². The smallest absolute Gasteiger partial charge is 0.162 e. The molecule has 0 amide bonds. The van der Waals surface area contributed by atoms with Crippen molar-refractivity contribution >= 4 is 0 Å². The van der Waals surface area contributed by atoms with Crippen molar-refractivity contribution in [3.05, 3.63) is 53.1 Å². The van der Waals surface area contributed by atoms with E-state index >= 15 is 0 Å². The zero-order valence-corrected chi connectivity index (χ0v) is 16.1. The number of ether oxygens (including phenoxy) is 1. The highest BCUT2D eigenvalue weighted by atomic mass is 16.5. The molecule has 26 heavy (non-hydrogen) atoms. The van der Waals surface area contributed by atoms with E-state index in [4.69, 9.17) is 4.74 Å². The molecule has 0 aliphatic carbocycles. The zero-order chi connectivity index (χ0) is 18.9. The molecule has 1 heterocycles. The van der Waals surface area contributed by atoms with Gasteiger partial charge >= 0.3 is 0 Å². The van der Waals surface area contributed by atoms with Gasteiger partial charge in [-0.1, -0.05) is 39.0 Å². The Labute approximate surface area is 156 Å². The Hall–Kier alpha value is -2.20. The number of methoxy groups -OCH3 is 1. The van der Waals surface area contributed by atoms with Gasteiger partial charge in [0.1, 0.15) is 5.75 Å². The second kappa shape index (κ2) is 7.20. The lowest BCUT2D eigenvalue weighted by molar-refractivity contribution is 0.244. The third-order valence-corrected chi connectivity index (χ3v) is 5.27. The summed E-state index contributed by atoms with van der Waals surface area (Å²) in [4.78, 5) is 2.38. The highest BCUT2D eigenvalue weighted by Crippen LogP contribution is 2.39. The Kier molecular flexibility index (Phi) is 5.15. The van der Waals surface area contributed by atoms with Gasteiger partial charge in [-0.25, -0.2) is 0 Å². The minimum absolute atomic E-state index is 0.00150. The van der Waals surface area contributed by atoms with Crippen LogP contribution >= 0.6 is 0 Å². The number of benzene rings is 2. The van der Waals surface area contributed by atoms with E-state index < -0.39 is 0 Å². The molecule has 0 unspecified atom stereocenters. The summed E-state index contributed by atoms with van der Waals surface area (Å²) in [5.74, 6) is 0.824. The normalized spacial score (nSPS) is 18.2. The number of phenols is 2. The van der Waals surface area contributed by atoms with Gasteiger partial charge < -0.3 is 14.9 Å². The molecule has 1 fully saturated rings. The average Bonchev–Trinajstić information content (AvgIpc) is 3.06. The summed E-state index contributed by atoms with van der Waals surface area (Å²) in [5.41, 5.74) is 3.00. The molecule has 4 heteroatoms. The van der Waals surface area contributed by atoms with Crippen molar-refractivity contribution < 1.29 is 14.9 Å². The van der Waals surface area contributed by atoms with Crippen molar-refractivity contribution in [3.63, 3.8) is 0 Å². The van der Waals surface area contributed by atoms with Crippen LogP contribution in [0.5, 0.6) is 17.2 Å². The Morgan fingerprint density at radius 3 is 2.42 bits per heavy atom. The molecule has 1 aliphatic heterocycles. The van der Waals surface area contributed by atoms with E-state index in [2.05, 4.69) is 37.8 Å². The molecular formula is C22H29NO3. The molecule has 1 atom stereocenters. The molecule has 1 aliphatic rings. The van der Waals surface area contributed by atoms with Crippen molar-refractivity contribution in [1.29, 1.82) is 0 Å². The van der Waals surface area contributed by atoms with Crippen LogP contribution in [0.2, 0.25) is 0 Å². The summed E-state index contributed by atoms with van der Waals surface area (Å²) in [6.07, 6.45) is 2.22. The van der Waals surface area contributed by atoms with Gasteiger partial charge in [0.05, 0.1) is 7.11 Å². The molecule has 1 saturated heterocycles. The molecule has 0 bridgehead atoms. The van der Waals surface area contributed by atoms with Gasteiger partial charge in [0.2, 0.25) is 0 Å². The van der Waals surface area contributed by atoms with E-state index in [-0.39, 0.29) is 16.9 Å². The number of nitrogens with zero attached hydrogens (tertiary/aromatic N) is 1.